The maximum Gasteiger partial charge on any atom is 0.162 e. The van der Waals surface area contributed by atoms with Crippen molar-refractivity contribution in [3.05, 3.63) is 22.2 Å². The molecule has 0 N–H and O–H groups in total. The fourth-order valence-corrected chi connectivity index (χ4v) is 2.54. The lowest BCUT2D eigenvalue weighted by Crippen LogP contribution is -2.24. The van der Waals surface area contributed by atoms with Crippen LogP contribution >= 0.6 is 15.9 Å². The minimum Gasteiger partial charge on any atom is -0.486 e. The van der Waals surface area contributed by atoms with Crippen molar-refractivity contribution in [1.29, 1.82) is 5.26 Å². The lowest BCUT2D eigenvalue weighted by Gasteiger charge is -2.22. The molecular weight excluding hydrogens is 308 g/mol. The van der Waals surface area contributed by atoms with Gasteiger partial charge in [-0.1, -0.05) is 15.9 Å². The van der Waals surface area contributed by atoms with Gasteiger partial charge in [0, 0.05) is 17.6 Å². The number of hydrogen-bond acceptors (Lipinski definition) is 4. The molecule has 0 fully saturated rings. The van der Waals surface area contributed by atoms with Crippen LogP contribution in [0, 0.1) is 17.2 Å². The van der Waals surface area contributed by atoms with Gasteiger partial charge in [-0.25, -0.2) is 0 Å². The lowest BCUT2D eigenvalue weighted by atomic mass is 10.1. The maximum absolute atomic E-state index is 8.84. The van der Waals surface area contributed by atoms with Crippen LogP contribution in [0.1, 0.15) is 12.5 Å². The first-order chi connectivity index (χ1) is 9.10. The van der Waals surface area contributed by atoms with Gasteiger partial charge in [-0.2, -0.15) is 5.26 Å². The highest BCUT2D eigenvalue weighted by molar-refractivity contribution is 9.10. The molecule has 1 aromatic carbocycles. The number of rotatable bonds is 4. The number of fused-ring (bicyclic) bond motifs is 1. The van der Waals surface area contributed by atoms with E-state index in [-0.39, 0.29) is 5.92 Å². The average molecular weight is 325 g/mol. The molecule has 0 radical (unpaired) electrons. The Morgan fingerprint density at radius 2 is 2.00 bits per heavy atom. The highest BCUT2D eigenvalue weighted by Gasteiger charge is 2.16. The van der Waals surface area contributed by atoms with Gasteiger partial charge in [-0.3, -0.25) is 0 Å². The van der Waals surface area contributed by atoms with Crippen LogP contribution in [0.2, 0.25) is 0 Å². The van der Waals surface area contributed by atoms with Crippen LogP contribution in [0.5, 0.6) is 11.5 Å². The summed E-state index contributed by atoms with van der Waals surface area (Å²) in [6.45, 7) is 4.63. The first kappa shape index (κ1) is 14.2. The number of ether oxygens (including phenoxy) is 2. The molecule has 1 aliphatic rings. The van der Waals surface area contributed by atoms with Crippen molar-refractivity contribution < 1.29 is 9.47 Å². The van der Waals surface area contributed by atoms with Crippen LogP contribution < -0.4 is 9.47 Å². The molecule has 0 aromatic heterocycles. The van der Waals surface area contributed by atoms with Crippen LogP contribution in [0.15, 0.2) is 16.6 Å². The van der Waals surface area contributed by atoms with Crippen LogP contribution in [-0.4, -0.2) is 31.7 Å². The van der Waals surface area contributed by atoms with Crippen molar-refractivity contribution in [2.24, 2.45) is 5.92 Å². The van der Waals surface area contributed by atoms with E-state index in [9.17, 15) is 0 Å². The fourth-order valence-electron chi connectivity index (χ4n) is 2.09. The SMILES string of the molecule is C[C@H](C#N)CN(C)Cc1cc2c(cc1Br)OCCO2. The van der Waals surface area contributed by atoms with Crippen molar-refractivity contribution in [2.45, 2.75) is 13.5 Å². The Morgan fingerprint density at radius 1 is 1.37 bits per heavy atom. The molecule has 0 saturated carbocycles. The highest BCUT2D eigenvalue weighted by atomic mass is 79.9. The average Bonchev–Trinajstić information content (AvgIpc) is 2.39. The van der Waals surface area contributed by atoms with Crippen LogP contribution in [0.3, 0.4) is 0 Å². The normalized spacial score (nSPS) is 15.1. The smallest absolute Gasteiger partial charge is 0.162 e. The van der Waals surface area contributed by atoms with E-state index in [1.807, 2.05) is 26.1 Å². The topological polar surface area (TPSA) is 45.5 Å². The molecule has 4 nitrogen and oxygen atoms in total. The molecule has 0 amide bonds. The Balaban J connectivity index is 2.10. The van der Waals surface area contributed by atoms with Crippen LogP contribution in [0.25, 0.3) is 0 Å². The molecule has 0 spiro atoms. The van der Waals surface area contributed by atoms with Crippen molar-refractivity contribution in [2.75, 3.05) is 26.8 Å². The number of hydrogen-bond donors (Lipinski definition) is 0. The second-order valence-corrected chi connectivity index (χ2v) is 5.67. The number of halogens is 1. The third-order valence-corrected chi connectivity index (χ3v) is 3.70. The van der Waals surface area contributed by atoms with E-state index in [4.69, 9.17) is 14.7 Å². The third-order valence-electron chi connectivity index (χ3n) is 2.96. The predicted octanol–water partition coefficient (Wildman–Crippen LogP) is 2.81. The molecule has 0 bridgehead atoms. The molecule has 19 heavy (non-hydrogen) atoms. The van der Waals surface area contributed by atoms with E-state index in [0.717, 1.165) is 34.6 Å². The van der Waals surface area contributed by atoms with Gasteiger partial charge >= 0.3 is 0 Å². The second-order valence-electron chi connectivity index (χ2n) is 4.81. The molecule has 0 saturated heterocycles. The van der Waals surface area contributed by atoms with Crippen LogP contribution in [0.4, 0.5) is 0 Å². The summed E-state index contributed by atoms with van der Waals surface area (Å²) in [6, 6.07) is 6.20. The van der Waals surface area contributed by atoms with Gasteiger partial charge in [-0.15, -0.1) is 0 Å². The standard InChI is InChI=1S/C14H17BrN2O2/c1-10(7-16)8-17(2)9-11-5-13-14(6-12(11)15)19-4-3-18-13/h5-6,10H,3-4,8-9H2,1-2H3/t10-/m1/s1. The van der Waals surface area contributed by atoms with Crippen molar-refractivity contribution in [1.82, 2.24) is 4.90 Å². The van der Waals surface area contributed by atoms with Crippen LogP contribution in [-0.2, 0) is 6.54 Å². The van der Waals surface area contributed by atoms with E-state index in [0.29, 0.717) is 13.2 Å². The van der Waals surface area contributed by atoms with E-state index >= 15 is 0 Å². The Hall–Kier alpha value is -1.25. The summed E-state index contributed by atoms with van der Waals surface area (Å²) in [5.41, 5.74) is 1.14. The summed E-state index contributed by atoms with van der Waals surface area (Å²) < 4.78 is 12.1. The van der Waals surface area contributed by atoms with Gasteiger partial charge in [0.1, 0.15) is 13.2 Å². The molecular formula is C14H17BrN2O2. The Kier molecular flexibility index (Phi) is 4.67. The number of benzene rings is 1. The van der Waals surface area contributed by atoms with Crippen molar-refractivity contribution >= 4 is 15.9 Å². The molecule has 0 unspecified atom stereocenters. The third kappa shape index (κ3) is 3.62. The predicted molar refractivity (Wildman–Crippen MR) is 76.2 cm³/mol. The maximum atomic E-state index is 8.84. The summed E-state index contributed by atoms with van der Waals surface area (Å²) in [5, 5.41) is 8.84. The lowest BCUT2D eigenvalue weighted by molar-refractivity contribution is 0.171. The zero-order valence-electron chi connectivity index (χ0n) is 11.1. The Morgan fingerprint density at radius 3 is 2.63 bits per heavy atom. The van der Waals surface area contributed by atoms with E-state index in [1.165, 1.54) is 0 Å². The van der Waals surface area contributed by atoms with Gasteiger partial charge in [0.05, 0.1) is 12.0 Å². The molecule has 102 valence electrons. The number of nitriles is 1. The molecule has 2 rings (SSSR count). The first-order valence-corrected chi connectivity index (χ1v) is 7.05. The molecule has 1 aliphatic heterocycles. The van der Waals surface area contributed by atoms with E-state index in [1.54, 1.807) is 0 Å². The van der Waals surface area contributed by atoms with Crippen molar-refractivity contribution in [3.8, 4) is 17.6 Å². The van der Waals surface area contributed by atoms with E-state index < -0.39 is 0 Å². The van der Waals surface area contributed by atoms with E-state index in [2.05, 4.69) is 26.9 Å². The van der Waals surface area contributed by atoms with Gasteiger partial charge in [0.2, 0.25) is 0 Å². The zero-order chi connectivity index (χ0) is 13.8. The molecule has 1 heterocycles. The summed E-state index contributed by atoms with van der Waals surface area (Å²) in [4.78, 5) is 2.13. The first-order valence-electron chi connectivity index (χ1n) is 6.26. The number of nitrogens with zero attached hydrogens (tertiary/aromatic N) is 2. The quantitative estimate of drug-likeness (QED) is 0.854. The Labute approximate surface area is 122 Å². The van der Waals surface area contributed by atoms with Gasteiger partial charge in [-0.05, 0) is 31.7 Å². The largest absolute Gasteiger partial charge is 0.486 e. The summed E-state index contributed by atoms with van der Waals surface area (Å²) >= 11 is 3.56. The Bertz CT molecular complexity index is 499. The summed E-state index contributed by atoms with van der Waals surface area (Å²) in [6.07, 6.45) is 0. The van der Waals surface area contributed by atoms with Gasteiger partial charge < -0.3 is 14.4 Å². The summed E-state index contributed by atoms with van der Waals surface area (Å²) in [7, 11) is 2.01. The minimum absolute atomic E-state index is 0.0287. The monoisotopic (exact) mass is 324 g/mol. The molecule has 1 atom stereocenters. The second kappa shape index (κ2) is 6.27. The molecule has 1 aromatic rings. The highest BCUT2D eigenvalue weighted by Crippen LogP contribution is 2.35. The zero-order valence-corrected chi connectivity index (χ0v) is 12.7. The van der Waals surface area contributed by atoms with Gasteiger partial charge in [0.15, 0.2) is 11.5 Å². The van der Waals surface area contributed by atoms with Gasteiger partial charge in [0.25, 0.3) is 0 Å². The van der Waals surface area contributed by atoms with Crippen molar-refractivity contribution in [3.63, 3.8) is 0 Å². The fraction of sp³-hybridized carbons (Fsp3) is 0.500. The minimum atomic E-state index is 0.0287. The molecule has 5 heteroatoms. The summed E-state index contributed by atoms with van der Waals surface area (Å²) in [5.74, 6) is 1.61. The molecule has 0 aliphatic carbocycles.